The number of halogens is 2. The van der Waals surface area contributed by atoms with Gasteiger partial charge in [-0.15, -0.1) is 0 Å². The largest absolute Gasteiger partial charge is 0.496 e. The number of likely N-dealkylation sites (tertiary alicyclic amines) is 1. The number of methoxy groups -OCH3 is 1. The molecule has 2 aromatic rings. The fourth-order valence-electron chi connectivity index (χ4n) is 3.38. The molecule has 0 aliphatic carbocycles. The second-order valence-electron chi connectivity index (χ2n) is 6.40. The molecule has 1 aliphatic heterocycles. The molecule has 0 radical (unpaired) electrons. The van der Waals surface area contributed by atoms with Crippen LogP contribution in [0.3, 0.4) is 0 Å². The first kappa shape index (κ1) is 18.1. The molecule has 1 amide bonds. The van der Waals surface area contributed by atoms with Crippen LogP contribution in [-0.2, 0) is 11.2 Å². The van der Waals surface area contributed by atoms with Crippen molar-refractivity contribution >= 4 is 29.1 Å². The first-order valence-electron chi connectivity index (χ1n) is 8.37. The Balaban J connectivity index is 1.77. The zero-order valence-corrected chi connectivity index (χ0v) is 15.9. The molecule has 0 spiro atoms. The van der Waals surface area contributed by atoms with E-state index in [2.05, 4.69) is 0 Å². The van der Waals surface area contributed by atoms with E-state index in [-0.39, 0.29) is 11.9 Å². The number of carbonyl (C=O) groups is 1. The molecule has 3 nitrogen and oxygen atoms in total. The van der Waals surface area contributed by atoms with Crippen LogP contribution in [0.2, 0.25) is 10.0 Å². The van der Waals surface area contributed by atoms with Gasteiger partial charge in [0.05, 0.1) is 29.6 Å². The molecule has 0 saturated carbocycles. The Morgan fingerprint density at radius 2 is 2.00 bits per heavy atom. The van der Waals surface area contributed by atoms with Gasteiger partial charge in [0.2, 0.25) is 5.91 Å². The van der Waals surface area contributed by atoms with Gasteiger partial charge in [0, 0.05) is 6.54 Å². The number of amides is 1. The lowest BCUT2D eigenvalue weighted by molar-refractivity contribution is -0.131. The Kier molecular flexibility index (Phi) is 5.55. The van der Waals surface area contributed by atoms with Gasteiger partial charge >= 0.3 is 0 Å². The van der Waals surface area contributed by atoms with Gasteiger partial charge in [-0.1, -0.05) is 41.4 Å². The van der Waals surface area contributed by atoms with E-state index in [4.69, 9.17) is 27.9 Å². The summed E-state index contributed by atoms with van der Waals surface area (Å²) in [6, 6.07) is 11.6. The van der Waals surface area contributed by atoms with Gasteiger partial charge in [-0.3, -0.25) is 4.79 Å². The second kappa shape index (κ2) is 7.67. The van der Waals surface area contributed by atoms with Crippen LogP contribution >= 0.6 is 23.2 Å². The number of nitrogens with zero attached hydrogens (tertiary/aromatic N) is 1. The number of hydrogen-bond donors (Lipinski definition) is 0. The van der Waals surface area contributed by atoms with Gasteiger partial charge in [-0.05, 0) is 54.7 Å². The summed E-state index contributed by atoms with van der Waals surface area (Å²) >= 11 is 12.2. The van der Waals surface area contributed by atoms with E-state index >= 15 is 0 Å². The summed E-state index contributed by atoms with van der Waals surface area (Å²) in [4.78, 5) is 14.8. The van der Waals surface area contributed by atoms with Crippen molar-refractivity contribution in [1.29, 1.82) is 0 Å². The van der Waals surface area contributed by atoms with Gasteiger partial charge in [0.25, 0.3) is 0 Å². The van der Waals surface area contributed by atoms with Gasteiger partial charge in [0.1, 0.15) is 5.75 Å². The smallest absolute Gasteiger partial charge is 0.227 e. The minimum atomic E-state index is 0.0645. The minimum Gasteiger partial charge on any atom is -0.496 e. The second-order valence-corrected chi connectivity index (χ2v) is 7.21. The number of ether oxygens (including phenoxy) is 1. The summed E-state index contributed by atoms with van der Waals surface area (Å²) < 4.78 is 5.36. The molecule has 1 unspecified atom stereocenters. The molecule has 25 heavy (non-hydrogen) atoms. The minimum absolute atomic E-state index is 0.0645. The van der Waals surface area contributed by atoms with Gasteiger partial charge in [0.15, 0.2) is 0 Å². The van der Waals surface area contributed by atoms with Crippen molar-refractivity contribution in [2.75, 3.05) is 13.7 Å². The molecule has 1 aliphatic rings. The Bertz CT molecular complexity index is 791. The van der Waals surface area contributed by atoms with Crippen molar-refractivity contribution in [3.8, 4) is 5.75 Å². The van der Waals surface area contributed by atoms with Crippen molar-refractivity contribution in [3.05, 3.63) is 63.1 Å². The molecule has 0 N–H and O–H groups in total. The summed E-state index contributed by atoms with van der Waals surface area (Å²) in [5.41, 5.74) is 3.07. The van der Waals surface area contributed by atoms with Crippen molar-refractivity contribution in [1.82, 2.24) is 4.90 Å². The summed E-state index contributed by atoms with van der Waals surface area (Å²) in [7, 11) is 1.65. The number of benzene rings is 2. The van der Waals surface area contributed by atoms with Crippen molar-refractivity contribution in [2.24, 2.45) is 0 Å². The zero-order chi connectivity index (χ0) is 18.0. The summed E-state index contributed by atoms with van der Waals surface area (Å²) in [5, 5.41) is 1.06. The maximum Gasteiger partial charge on any atom is 0.227 e. The predicted molar refractivity (Wildman–Crippen MR) is 102 cm³/mol. The fraction of sp³-hybridized carbons (Fsp3) is 0.350. The van der Waals surface area contributed by atoms with E-state index in [0.717, 1.165) is 41.8 Å². The molecule has 2 aromatic carbocycles. The fourth-order valence-corrected chi connectivity index (χ4v) is 3.69. The highest BCUT2D eigenvalue weighted by atomic mass is 35.5. The SMILES string of the molecule is COc1cc(CC(=O)N2CCCC2c2ccc(Cl)c(Cl)c2)ccc1C. The van der Waals surface area contributed by atoms with Crippen LogP contribution < -0.4 is 4.74 Å². The van der Waals surface area contributed by atoms with Gasteiger partial charge in [-0.25, -0.2) is 0 Å². The number of rotatable bonds is 4. The Morgan fingerprint density at radius 3 is 2.72 bits per heavy atom. The van der Waals surface area contributed by atoms with Gasteiger partial charge < -0.3 is 9.64 Å². The monoisotopic (exact) mass is 377 g/mol. The summed E-state index contributed by atoms with van der Waals surface area (Å²) in [6.07, 6.45) is 2.31. The molecule has 3 rings (SSSR count). The average Bonchev–Trinajstić information content (AvgIpc) is 3.09. The highest BCUT2D eigenvalue weighted by Crippen LogP contribution is 2.35. The Labute approximate surface area is 158 Å². The first-order chi connectivity index (χ1) is 12.0. The van der Waals surface area contributed by atoms with Crippen LogP contribution in [0.5, 0.6) is 5.75 Å². The maximum atomic E-state index is 12.9. The average molecular weight is 378 g/mol. The van der Waals surface area contributed by atoms with E-state index in [1.165, 1.54) is 0 Å². The Morgan fingerprint density at radius 1 is 1.20 bits per heavy atom. The number of aryl methyl sites for hydroxylation is 1. The van der Waals surface area contributed by atoms with Crippen LogP contribution in [0.4, 0.5) is 0 Å². The molecule has 5 heteroatoms. The van der Waals surface area contributed by atoms with Crippen molar-refractivity contribution in [2.45, 2.75) is 32.2 Å². The van der Waals surface area contributed by atoms with Crippen LogP contribution in [0.25, 0.3) is 0 Å². The third kappa shape index (κ3) is 3.94. The summed E-state index contributed by atoms with van der Waals surface area (Å²) in [6.45, 7) is 2.76. The lowest BCUT2D eigenvalue weighted by atomic mass is 10.0. The van der Waals surface area contributed by atoms with Crippen molar-refractivity contribution < 1.29 is 9.53 Å². The van der Waals surface area contributed by atoms with E-state index < -0.39 is 0 Å². The topological polar surface area (TPSA) is 29.5 Å². The van der Waals surface area contributed by atoms with Crippen LogP contribution in [0.15, 0.2) is 36.4 Å². The van der Waals surface area contributed by atoms with E-state index in [9.17, 15) is 4.79 Å². The molecule has 1 atom stereocenters. The summed E-state index contributed by atoms with van der Waals surface area (Å²) in [5.74, 6) is 0.937. The molecule has 0 bridgehead atoms. The number of carbonyl (C=O) groups excluding carboxylic acids is 1. The first-order valence-corrected chi connectivity index (χ1v) is 9.13. The Hall–Kier alpha value is -1.71. The van der Waals surface area contributed by atoms with E-state index in [1.54, 1.807) is 13.2 Å². The normalized spacial score (nSPS) is 17.0. The lowest BCUT2D eigenvalue weighted by Gasteiger charge is -2.25. The lowest BCUT2D eigenvalue weighted by Crippen LogP contribution is -2.31. The third-order valence-corrected chi connectivity index (χ3v) is 5.47. The zero-order valence-electron chi connectivity index (χ0n) is 14.4. The number of hydrogen-bond acceptors (Lipinski definition) is 2. The molecule has 1 fully saturated rings. The molecule has 1 saturated heterocycles. The highest BCUT2D eigenvalue weighted by Gasteiger charge is 2.30. The third-order valence-electron chi connectivity index (χ3n) is 4.73. The van der Waals surface area contributed by atoms with E-state index in [1.807, 2.05) is 42.2 Å². The highest BCUT2D eigenvalue weighted by molar-refractivity contribution is 6.42. The molecule has 1 heterocycles. The van der Waals surface area contributed by atoms with Crippen LogP contribution in [0.1, 0.15) is 35.6 Å². The van der Waals surface area contributed by atoms with Crippen LogP contribution in [0, 0.1) is 6.92 Å². The van der Waals surface area contributed by atoms with E-state index in [0.29, 0.717) is 16.5 Å². The molecule has 0 aromatic heterocycles. The van der Waals surface area contributed by atoms with Crippen molar-refractivity contribution in [3.63, 3.8) is 0 Å². The molecular formula is C20H21Cl2NO2. The molecular weight excluding hydrogens is 357 g/mol. The standard InChI is InChI=1S/C20H21Cl2NO2/c1-13-5-6-14(10-19(13)25-2)11-20(24)23-9-3-4-18(23)15-7-8-16(21)17(22)12-15/h5-8,10,12,18H,3-4,9,11H2,1-2H3. The molecule has 132 valence electrons. The van der Waals surface area contributed by atoms with Gasteiger partial charge in [-0.2, -0.15) is 0 Å². The quantitative estimate of drug-likeness (QED) is 0.730. The van der Waals surface area contributed by atoms with Crippen LogP contribution in [-0.4, -0.2) is 24.5 Å². The predicted octanol–water partition coefficient (Wildman–Crippen LogP) is 5.22. The maximum absolute atomic E-state index is 12.9.